The molecule has 1 aromatic rings. The highest BCUT2D eigenvalue weighted by Crippen LogP contribution is 2.39. The van der Waals surface area contributed by atoms with E-state index >= 15 is 0 Å². The largest absolute Gasteiger partial charge is 0.416 e. The van der Waals surface area contributed by atoms with Crippen molar-refractivity contribution in [1.82, 2.24) is 5.32 Å². The molecule has 2 atom stereocenters. The summed E-state index contributed by atoms with van der Waals surface area (Å²) in [5.41, 5.74) is 4.77. The second kappa shape index (κ2) is 6.51. The molecule has 6 heteroatoms. The van der Waals surface area contributed by atoms with Crippen molar-refractivity contribution in [3.63, 3.8) is 0 Å². The van der Waals surface area contributed by atoms with Crippen LogP contribution in [0.4, 0.5) is 13.2 Å². The Bertz CT molecular complexity index is 569. The minimum atomic E-state index is -4.42. The maximum atomic E-state index is 13.1. The van der Waals surface area contributed by atoms with Crippen molar-refractivity contribution in [2.75, 3.05) is 6.54 Å². The average molecular weight is 328 g/mol. The zero-order valence-corrected chi connectivity index (χ0v) is 13.4. The zero-order valence-electron chi connectivity index (χ0n) is 13.4. The fourth-order valence-electron chi connectivity index (χ4n) is 2.98. The Balaban J connectivity index is 2.07. The van der Waals surface area contributed by atoms with E-state index in [9.17, 15) is 18.0 Å². The molecule has 2 rings (SSSR count). The van der Waals surface area contributed by atoms with Crippen LogP contribution in [0.15, 0.2) is 24.3 Å². The number of carbonyl (C=O) groups excluding carboxylic acids is 1. The van der Waals surface area contributed by atoms with Gasteiger partial charge in [-0.3, -0.25) is 4.79 Å². The second-order valence-corrected chi connectivity index (χ2v) is 6.63. The summed E-state index contributed by atoms with van der Waals surface area (Å²) in [5.74, 6) is -0.405. The molecule has 1 saturated carbocycles. The minimum Gasteiger partial charge on any atom is -0.349 e. The van der Waals surface area contributed by atoms with Crippen molar-refractivity contribution in [2.45, 2.75) is 50.7 Å². The summed E-state index contributed by atoms with van der Waals surface area (Å²) in [6, 6.07) is 5.41. The molecule has 1 aliphatic rings. The van der Waals surface area contributed by atoms with E-state index in [1.54, 1.807) is 13.0 Å². The Kier molecular flexibility index (Phi) is 5.04. The van der Waals surface area contributed by atoms with Crippen molar-refractivity contribution in [1.29, 1.82) is 0 Å². The topological polar surface area (TPSA) is 55.1 Å². The van der Waals surface area contributed by atoms with Crippen LogP contribution < -0.4 is 11.1 Å². The van der Waals surface area contributed by atoms with Crippen LogP contribution in [0, 0.1) is 5.92 Å². The van der Waals surface area contributed by atoms with Crippen molar-refractivity contribution < 1.29 is 18.0 Å². The van der Waals surface area contributed by atoms with E-state index in [1.165, 1.54) is 12.1 Å². The number of hydrogen-bond donors (Lipinski definition) is 2. The molecular formula is C17H23F3N2O. The standard InChI is InChI=1S/C17H23F3N2O/c1-11(13-5-3-4-6-14(13)17(18,19)20)9-15(23)22-16(2,10-21)12-7-8-12/h3-6,11-12H,7-10,21H2,1-2H3,(H,22,23). The first-order valence-corrected chi connectivity index (χ1v) is 7.84. The Morgan fingerprint density at radius 3 is 2.48 bits per heavy atom. The summed E-state index contributed by atoms with van der Waals surface area (Å²) >= 11 is 0. The van der Waals surface area contributed by atoms with E-state index in [0.717, 1.165) is 18.9 Å². The van der Waals surface area contributed by atoms with E-state index in [0.29, 0.717) is 12.5 Å². The highest BCUT2D eigenvalue weighted by atomic mass is 19.4. The summed E-state index contributed by atoms with van der Waals surface area (Å²) in [6.45, 7) is 3.87. The third-order valence-electron chi connectivity index (χ3n) is 4.62. The number of hydrogen-bond acceptors (Lipinski definition) is 2. The summed E-state index contributed by atoms with van der Waals surface area (Å²) in [5, 5.41) is 2.92. The van der Waals surface area contributed by atoms with Crippen LogP contribution in [0.1, 0.15) is 50.2 Å². The number of benzene rings is 1. The van der Waals surface area contributed by atoms with Gasteiger partial charge in [0.2, 0.25) is 5.91 Å². The maximum Gasteiger partial charge on any atom is 0.416 e. The number of alkyl halides is 3. The molecule has 23 heavy (non-hydrogen) atoms. The van der Waals surface area contributed by atoms with Gasteiger partial charge in [-0.05, 0) is 43.2 Å². The van der Waals surface area contributed by atoms with Crippen LogP contribution in [0.3, 0.4) is 0 Å². The van der Waals surface area contributed by atoms with Gasteiger partial charge in [0.15, 0.2) is 0 Å². The highest BCUT2D eigenvalue weighted by Gasteiger charge is 2.41. The SMILES string of the molecule is CC(CC(=O)NC(C)(CN)C1CC1)c1ccccc1C(F)(F)F. The lowest BCUT2D eigenvalue weighted by atomic mass is 9.91. The normalized spacial score (nSPS) is 19.0. The van der Waals surface area contributed by atoms with Crippen LogP contribution in [0.25, 0.3) is 0 Å². The summed E-state index contributed by atoms with van der Waals surface area (Å²) in [7, 11) is 0. The molecule has 0 bridgehead atoms. The molecule has 0 heterocycles. The van der Waals surface area contributed by atoms with Crippen molar-refractivity contribution in [3.8, 4) is 0 Å². The Hall–Kier alpha value is -1.56. The Morgan fingerprint density at radius 1 is 1.35 bits per heavy atom. The monoisotopic (exact) mass is 328 g/mol. The van der Waals surface area contributed by atoms with Gasteiger partial charge in [0.05, 0.1) is 11.1 Å². The molecule has 0 aromatic heterocycles. The lowest BCUT2D eigenvalue weighted by molar-refractivity contribution is -0.138. The highest BCUT2D eigenvalue weighted by molar-refractivity contribution is 5.78. The fourth-order valence-corrected chi connectivity index (χ4v) is 2.98. The predicted molar refractivity (Wildman–Crippen MR) is 82.8 cm³/mol. The predicted octanol–water partition coefficient (Wildman–Crippen LogP) is 3.44. The number of carbonyl (C=O) groups is 1. The molecule has 0 radical (unpaired) electrons. The fraction of sp³-hybridized carbons (Fsp3) is 0.588. The number of nitrogens with two attached hydrogens (primary N) is 1. The lowest BCUT2D eigenvalue weighted by Gasteiger charge is -2.30. The van der Waals surface area contributed by atoms with Crippen LogP contribution in [0.2, 0.25) is 0 Å². The first-order valence-electron chi connectivity index (χ1n) is 7.84. The van der Waals surface area contributed by atoms with Gasteiger partial charge in [-0.2, -0.15) is 13.2 Å². The third kappa shape index (κ3) is 4.25. The molecule has 2 unspecified atom stereocenters. The van der Waals surface area contributed by atoms with Crippen molar-refractivity contribution >= 4 is 5.91 Å². The molecule has 3 nitrogen and oxygen atoms in total. The molecule has 3 N–H and O–H groups in total. The van der Waals surface area contributed by atoms with E-state index in [1.807, 2.05) is 6.92 Å². The van der Waals surface area contributed by atoms with Crippen LogP contribution in [0.5, 0.6) is 0 Å². The van der Waals surface area contributed by atoms with Gasteiger partial charge in [-0.25, -0.2) is 0 Å². The lowest BCUT2D eigenvalue weighted by Crippen LogP contribution is -2.53. The van der Waals surface area contributed by atoms with E-state index < -0.39 is 23.2 Å². The van der Waals surface area contributed by atoms with Gasteiger partial charge in [-0.1, -0.05) is 25.1 Å². The second-order valence-electron chi connectivity index (χ2n) is 6.63. The van der Waals surface area contributed by atoms with Crippen LogP contribution >= 0.6 is 0 Å². The molecule has 1 aromatic carbocycles. The molecule has 1 amide bonds. The zero-order chi connectivity index (χ0) is 17.3. The van der Waals surface area contributed by atoms with E-state index in [-0.39, 0.29) is 17.9 Å². The van der Waals surface area contributed by atoms with Crippen LogP contribution in [-0.2, 0) is 11.0 Å². The molecule has 0 saturated heterocycles. The minimum absolute atomic E-state index is 0.00933. The molecule has 128 valence electrons. The molecule has 0 aliphatic heterocycles. The number of amides is 1. The van der Waals surface area contributed by atoms with Crippen molar-refractivity contribution in [2.24, 2.45) is 11.7 Å². The summed E-state index contributed by atoms with van der Waals surface area (Å²) in [6.07, 6.45) is -2.35. The number of halogens is 3. The maximum absolute atomic E-state index is 13.1. The Morgan fingerprint density at radius 2 is 1.96 bits per heavy atom. The van der Waals surface area contributed by atoms with Gasteiger partial charge in [0.1, 0.15) is 0 Å². The van der Waals surface area contributed by atoms with E-state index in [4.69, 9.17) is 5.73 Å². The number of rotatable bonds is 6. The smallest absolute Gasteiger partial charge is 0.349 e. The third-order valence-corrected chi connectivity index (χ3v) is 4.62. The summed E-state index contributed by atoms with van der Waals surface area (Å²) in [4.78, 5) is 12.2. The van der Waals surface area contributed by atoms with Crippen molar-refractivity contribution in [3.05, 3.63) is 35.4 Å². The molecule has 0 spiro atoms. The van der Waals surface area contributed by atoms with Gasteiger partial charge < -0.3 is 11.1 Å². The van der Waals surface area contributed by atoms with Gasteiger partial charge >= 0.3 is 6.18 Å². The van der Waals surface area contributed by atoms with E-state index in [2.05, 4.69) is 5.32 Å². The molecule has 1 aliphatic carbocycles. The van der Waals surface area contributed by atoms with Gasteiger partial charge in [-0.15, -0.1) is 0 Å². The average Bonchev–Trinajstić information content (AvgIpc) is 3.31. The quantitative estimate of drug-likeness (QED) is 0.840. The van der Waals surface area contributed by atoms with Gasteiger partial charge in [0.25, 0.3) is 0 Å². The summed E-state index contributed by atoms with van der Waals surface area (Å²) < 4.78 is 39.2. The first-order chi connectivity index (χ1) is 10.7. The van der Waals surface area contributed by atoms with Crippen LogP contribution in [-0.4, -0.2) is 18.0 Å². The molecule has 1 fully saturated rings. The Labute approximate surface area is 134 Å². The number of nitrogens with one attached hydrogen (secondary N) is 1. The molecular weight excluding hydrogens is 305 g/mol. The first kappa shape index (κ1) is 17.8. The van der Waals surface area contributed by atoms with Gasteiger partial charge in [0, 0.05) is 13.0 Å².